The Kier molecular flexibility index (Phi) is 6.88. The monoisotopic (exact) mass is 367 g/mol. The Morgan fingerprint density at radius 3 is 2.41 bits per heavy atom. The van der Waals surface area contributed by atoms with Gasteiger partial charge in [-0.15, -0.1) is 0 Å². The summed E-state index contributed by atoms with van der Waals surface area (Å²) < 4.78 is 11.3. The second-order valence-electron chi connectivity index (χ2n) is 6.06. The minimum absolute atomic E-state index is 0.0492. The molecule has 7 heteroatoms. The first-order valence-corrected chi connectivity index (χ1v) is 8.54. The molecule has 0 fully saturated rings. The van der Waals surface area contributed by atoms with Gasteiger partial charge in [0, 0.05) is 25.6 Å². The van der Waals surface area contributed by atoms with E-state index in [9.17, 15) is 9.59 Å². The molecular weight excluding hydrogens is 345 g/mol. The number of hydrogen-bond acceptors (Lipinski definition) is 4. The lowest BCUT2D eigenvalue weighted by atomic mass is 9.94. The number of amides is 1. The van der Waals surface area contributed by atoms with Gasteiger partial charge in [-0.3, -0.25) is 9.59 Å². The molecule has 0 aromatic heterocycles. The second kappa shape index (κ2) is 9.12. The summed E-state index contributed by atoms with van der Waals surface area (Å²) in [4.78, 5) is 24.4. The highest BCUT2D eigenvalue weighted by atomic mass is 16.5. The normalized spacial score (nSPS) is 10.3. The molecule has 6 nitrogen and oxygen atoms in total. The fraction of sp³-hybridized carbons (Fsp3) is 0.300. The van der Waals surface area contributed by atoms with E-state index in [1.54, 1.807) is 41.3 Å². The number of ether oxygens (including phenoxy) is 2. The minimum atomic E-state index is -0.931. The topological polar surface area (TPSA) is 76.1 Å². The average Bonchev–Trinajstić information content (AvgIpc) is 2.61. The van der Waals surface area contributed by atoms with Crippen molar-refractivity contribution < 1.29 is 24.2 Å². The van der Waals surface area contributed by atoms with Crippen LogP contribution in [-0.4, -0.2) is 43.4 Å². The van der Waals surface area contributed by atoms with Crippen LogP contribution < -0.4 is 14.9 Å². The fourth-order valence-electron chi connectivity index (χ4n) is 2.68. The van der Waals surface area contributed by atoms with E-state index in [0.717, 1.165) is 5.56 Å². The molecule has 1 amide bonds. The molecule has 2 rings (SSSR count). The molecule has 0 saturated carbocycles. The van der Waals surface area contributed by atoms with Gasteiger partial charge in [0.25, 0.3) is 0 Å². The zero-order valence-electron chi connectivity index (χ0n) is 15.7. The van der Waals surface area contributed by atoms with Crippen molar-refractivity contribution in [2.24, 2.45) is 0 Å². The second-order valence-corrected chi connectivity index (χ2v) is 6.06. The number of carboxylic acid groups (broad SMARTS) is 1. The zero-order chi connectivity index (χ0) is 20.0. The van der Waals surface area contributed by atoms with Gasteiger partial charge in [0.15, 0.2) is 11.5 Å². The Morgan fingerprint density at radius 1 is 1.11 bits per heavy atom. The van der Waals surface area contributed by atoms with Crippen molar-refractivity contribution >= 4 is 25.2 Å². The first kappa shape index (κ1) is 20.4. The molecule has 27 heavy (non-hydrogen) atoms. The average molecular weight is 367 g/mol. The van der Waals surface area contributed by atoms with E-state index in [0.29, 0.717) is 41.4 Å². The molecule has 0 aliphatic carbocycles. The highest BCUT2D eigenvalue weighted by Gasteiger charge is 2.15. The highest BCUT2D eigenvalue weighted by molar-refractivity contribution is 6.32. The fourth-order valence-corrected chi connectivity index (χ4v) is 2.68. The van der Waals surface area contributed by atoms with Crippen molar-refractivity contribution in [1.29, 1.82) is 0 Å². The molecule has 2 radical (unpaired) electrons. The molecule has 140 valence electrons. The number of nitrogens with zero attached hydrogens (tertiary/aromatic N) is 1. The molecule has 1 N–H and O–H groups in total. The van der Waals surface area contributed by atoms with Crippen LogP contribution in [0.2, 0.25) is 0 Å². The maximum absolute atomic E-state index is 11.8. The molecule has 0 saturated heterocycles. The minimum Gasteiger partial charge on any atom is -0.493 e. The number of benzene rings is 2. The summed E-state index contributed by atoms with van der Waals surface area (Å²) >= 11 is 0. The number of methoxy groups -OCH3 is 1. The van der Waals surface area contributed by atoms with Gasteiger partial charge in [-0.2, -0.15) is 0 Å². The van der Waals surface area contributed by atoms with Gasteiger partial charge < -0.3 is 19.5 Å². The Balaban J connectivity index is 2.39. The lowest BCUT2D eigenvalue weighted by Crippen LogP contribution is -2.28. The molecule has 0 aliphatic rings. The Hall–Kier alpha value is -2.96. The van der Waals surface area contributed by atoms with Crippen LogP contribution in [0.1, 0.15) is 25.0 Å². The van der Waals surface area contributed by atoms with Crippen LogP contribution in [0.3, 0.4) is 0 Å². The van der Waals surface area contributed by atoms with E-state index in [1.807, 2.05) is 6.92 Å². The lowest BCUT2D eigenvalue weighted by molar-refractivity contribution is -0.136. The van der Waals surface area contributed by atoms with E-state index in [4.69, 9.17) is 22.4 Å². The SMILES string of the molecule is [B]c1ccc(Oc2cc(CC(=O)O)ccc2OC)c(CN(CC)C(C)=O)c1. The van der Waals surface area contributed by atoms with Crippen LogP contribution in [0.15, 0.2) is 36.4 Å². The maximum atomic E-state index is 11.8. The number of rotatable bonds is 8. The lowest BCUT2D eigenvalue weighted by Gasteiger charge is -2.21. The zero-order valence-corrected chi connectivity index (χ0v) is 15.7. The predicted octanol–water partition coefficient (Wildman–Crippen LogP) is 2.28. The largest absolute Gasteiger partial charge is 0.493 e. The number of carbonyl (C=O) groups is 2. The van der Waals surface area contributed by atoms with Crippen molar-refractivity contribution in [2.45, 2.75) is 26.8 Å². The van der Waals surface area contributed by atoms with Gasteiger partial charge >= 0.3 is 5.97 Å². The van der Waals surface area contributed by atoms with Gasteiger partial charge in [0.2, 0.25) is 5.91 Å². The maximum Gasteiger partial charge on any atom is 0.307 e. The molecule has 0 spiro atoms. The first-order valence-electron chi connectivity index (χ1n) is 8.54. The van der Waals surface area contributed by atoms with E-state index >= 15 is 0 Å². The molecule has 0 unspecified atom stereocenters. The van der Waals surface area contributed by atoms with Gasteiger partial charge in [-0.05, 0) is 30.7 Å². The van der Waals surface area contributed by atoms with Crippen LogP contribution in [0.25, 0.3) is 0 Å². The van der Waals surface area contributed by atoms with Gasteiger partial charge in [-0.1, -0.05) is 23.7 Å². The van der Waals surface area contributed by atoms with Gasteiger partial charge in [0.05, 0.1) is 13.5 Å². The van der Waals surface area contributed by atoms with Crippen molar-refractivity contribution in [1.82, 2.24) is 4.90 Å². The van der Waals surface area contributed by atoms with Crippen molar-refractivity contribution in [3.8, 4) is 17.2 Å². The van der Waals surface area contributed by atoms with Crippen molar-refractivity contribution in [3.63, 3.8) is 0 Å². The third-order valence-corrected chi connectivity index (χ3v) is 4.08. The van der Waals surface area contributed by atoms with Crippen LogP contribution in [-0.2, 0) is 22.6 Å². The molecule has 0 atom stereocenters. The van der Waals surface area contributed by atoms with Crippen LogP contribution in [0, 0.1) is 0 Å². The molecular formula is C20H22BNO5. The standard InChI is InChI=1S/C20H22BNO5/c1-4-22(13(2)23)12-15-11-16(21)6-8-17(15)27-19-9-14(10-20(24)25)5-7-18(19)26-3/h5-9,11H,4,10,12H2,1-3H3,(H,24,25). The highest BCUT2D eigenvalue weighted by Crippen LogP contribution is 2.34. The summed E-state index contributed by atoms with van der Waals surface area (Å²) in [5.41, 5.74) is 1.90. The van der Waals surface area contributed by atoms with Crippen molar-refractivity contribution in [3.05, 3.63) is 47.5 Å². The third-order valence-electron chi connectivity index (χ3n) is 4.08. The van der Waals surface area contributed by atoms with E-state index in [-0.39, 0.29) is 12.3 Å². The molecule has 2 aromatic rings. The summed E-state index contributed by atoms with van der Waals surface area (Å²) in [6.45, 7) is 4.31. The summed E-state index contributed by atoms with van der Waals surface area (Å²) in [5, 5.41) is 9.00. The van der Waals surface area contributed by atoms with E-state index < -0.39 is 5.97 Å². The third kappa shape index (κ3) is 5.51. The van der Waals surface area contributed by atoms with Crippen LogP contribution in [0.4, 0.5) is 0 Å². The Morgan fingerprint density at radius 2 is 1.81 bits per heavy atom. The van der Waals surface area contributed by atoms with E-state index in [2.05, 4.69) is 0 Å². The van der Waals surface area contributed by atoms with Crippen molar-refractivity contribution in [2.75, 3.05) is 13.7 Å². The number of aliphatic carboxylic acids is 1. The van der Waals surface area contributed by atoms with Gasteiger partial charge in [0.1, 0.15) is 13.6 Å². The Labute approximate surface area is 160 Å². The summed E-state index contributed by atoms with van der Waals surface area (Å²) in [7, 11) is 7.41. The quantitative estimate of drug-likeness (QED) is 0.725. The smallest absolute Gasteiger partial charge is 0.307 e. The molecule has 2 aromatic carbocycles. The number of carbonyl (C=O) groups excluding carboxylic acids is 1. The summed E-state index contributed by atoms with van der Waals surface area (Å²) in [5.74, 6) is 0.417. The van der Waals surface area contributed by atoms with E-state index in [1.165, 1.54) is 14.0 Å². The van der Waals surface area contributed by atoms with Gasteiger partial charge in [-0.25, -0.2) is 0 Å². The molecule has 0 bridgehead atoms. The summed E-state index contributed by atoms with van der Waals surface area (Å²) in [6.07, 6.45) is -0.122. The Bertz CT molecular complexity index is 837. The van der Waals surface area contributed by atoms with Crippen LogP contribution in [0.5, 0.6) is 17.2 Å². The molecule has 0 heterocycles. The number of carboxylic acids is 1. The van der Waals surface area contributed by atoms with Crippen LogP contribution >= 0.6 is 0 Å². The number of hydrogen-bond donors (Lipinski definition) is 1. The first-order chi connectivity index (χ1) is 12.8. The predicted molar refractivity (Wildman–Crippen MR) is 103 cm³/mol. The molecule has 0 aliphatic heterocycles. The summed E-state index contributed by atoms with van der Waals surface area (Å²) in [6, 6.07) is 10.2.